The number of nitrogens with two attached hydrogens (primary N) is 1. The number of hydrogen-bond acceptors (Lipinski definition) is 7. The summed E-state index contributed by atoms with van der Waals surface area (Å²) >= 11 is 0. The van der Waals surface area contributed by atoms with Gasteiger partial charge in [0.15, 0.2) is 0 Å². The molecule has 7 nitrogen and oxygen atoms in total. The van der Waals surface area contributed by atoms with E-state index in [-0.39, 0.29) is 0 Å². The summed E-state index contributed by atoms with van der Waals surface area (Å²) in [7, 11) is 0. The number of aromatic nitrogens is 3. The lowest BCUT2D eigenvalue weighted by Crippen LogP contribution is -2.37. The molecule has 0 amide bonds. The first-order valence-corrected chi connectivity index (χ1v) is 9.48. The van der Waals surface area contributed by atoms with Gasteiger partial charge in [-0.3, -0.25) is 0 Å². The molecule has 2 aromatic heterocycles. The molecule has 4 saturated heterocycles. The van der Waals surface area contributed by atoms with Gasteiger partial charge in [-0.25, -0.2) is 15.0 Å². The Balaban J connectivity index is 1.43. The van der Waals surface area contributed by atoms with Crippen LogP contribution in [-0.4, -0.2) is 52.8 Å². The van der Waals surface area contributed by atoms with E-state index < -0.39 is 0 Å². The average Bonchev–Trinajstić information content (AvgIpc) is 3.41. The van der Waals surface area contributed by atoms with Crippen LogP contribution in [-0.2, 0) is 4.74 Å². The van der Waals surface area contributed by atoms with E-state index in [0.717, 1.165) is 49.1 Å². The van der Waals surface area contributed by atoms with Gasteiger partial charge in [0.25, 0.3) is 0 Å². The van der Waals surface area contributed by atoms with Crippen LogP contribution in [0.25, 0.3) is 11.3 Å². The fraction of sp³-hybridized carbons (Fsp3) is 0.526. The molecule has 1 saturated carbocycles. The number of nitrogens with zero attached hydrogens (tertiary/aromatic N) is 5. The minimum absolute atomic E-state index is 0.291. The molecule has 5 aliphatic rings. The van der Waals surface area contributed by atoms with E-state index in [1.54, 1.807) is 12.4 Å². The normalized spacial score (nSPS) is 31.5. The Bertz CT molecular complexity index is 850. The molecule has 0 radical (unpaired) electrons. The molecular formula is C19H22N6O. The summed E-state index contributed by atoms with van der Waals surface area (Å²) in [5.74, 6) is 2.23. The highest BCUT2D eigenvalue weighted by atomic mass is 16.5. The van der Waals surface area contributed by atoms with Crippen molar-refractivity contribution in [3.63, 3.8) is 0 Å². The Morgan fingerprint density at radius 1 is 1.00 bits per heavy atom. The van der Waals surface area contributed by atoms with Crippen molar-refractivity contribution in [3.05, 3.63) is 24.5 Å². The summed E-state index contributed by atoms with van der Waals surface area (Å²) in [6, 6.07) is 5.58. The fourth-order valence-corrected chi connectivity index (χ4v) is 4.96. The van der Waals surface area contributed by atoms with Crippen LogP contribution in [0.4, 0.5) is 17.5 Å². The number of rotatable bonds is 3. The number of ether oxygens (including phenoxy) is 1. The van der Waals surface area contributed by atoms with Gasteiger partial charge in [0.2, 0.25) is 5.95 Å². The lowest BCUT2D eigenvalue weighted by atomic mass is 9.86. The minimum atomic E-state index is 0.291. The molecule has 0 aromatic carbocycles. The van der Waals surface area contributed by atoms with Crippen molar-refractivity contribution < 1.29 is 4.74 Å². The molecule has 5 fully saturated rings. The van der Waals surface area contributed by atoms with Crippen molar-refractivity contribution in [2.24, 2.45) is 5.92 Å². The molecule has 4 bridgehead atoms. The van der Waals surface area contributed by atoms with Crippen molar-refractivity contribution in [2.45, 2.75) is 37.5 Å². The van der Waals surface area contributed by atoms with Gasteiger partial charge in [0.1, 0.15) is 5.82 Å². The van der Waals surface area contributed by atoms with Gasteiger partial charge in [-0.2, -0.15) is 0 Å². The first kappa shape index (κ1) is 14.7. The van der Waals surface area contributed by atoms with E-state index in [2.05, 4.69) is 31.9 Å². The fourth-order valence-electron chi connectivity index (χ4n) is 4.96. The predicted molar refractivity (Wildman–Crippen MR) is 99.0 cm³/mol. The number of fused-ring (bicyclic) bond motifs is 3. The largest absolute Gasteiger partial charge is 0.374 e. The Labute approximate surface area is 152 Å². The third kappa shape index (κ3) is 2.19. The Morgan fingerprint density at radius 3 is 2.50 bits per heavy atom. The first-order chi connectivity index (χ1) is 12.7. The van der Waals surface area contributed by atoms with Gasteiger partial charge >= 0.3 is 0 Å². The van der Waals surface area contributed by atoms with Gasteiger partial charge in [-0.15, -0.1) is 0 Å². The zero-order chi connectivity index (χ0) is 17.3. The van der Waals surface area contributed by atoms with Crippen LogP contribution >= 0.6 is 0 Å². The maximum Gasteiger partial charge on any atom is 0.219 e. The summed E-state index contributed by atoms with van der Waals surface area (Å²) in [5.41, 5.74) is 8.73. The van der Waals surface area contributed by atoms with Gasteiger partial charge < -0.3 is 20.3 Å². The zero-order valence-electron chi connectivity index (χ0n) is 14.6. The number of hydrogen-bond donors (Lipinski definition) is 1. The second-order valence-corrected chi connectivity index (χ2v) is 8.04. The number of nitrogen functional groups attached to an aromatic ring is 1. The third-order valence-corrected chi connectivity index (χ3v) is 6.40. The second kappa shape index (κ2) is 5.30. The molecule has 7 heteroatoms. The smallest absolute Gasteiger partial charge is 0.219 e. The molecule has 1 aliphatic carbocycles. The maximum atomic E-state index is 5.78. The van der Waals surface area contributed by atoms with Gasteiger partial charge in [0.05, 0.1) is 24.4 Å². The van der Waals surface area contributed by atoms with E-state index in [0.29, 0.717) is 24.1 Å². The van der Waals surface area contributed by atoms with Crippen molar-refractivity contribution in [2.75, 3.05) is 35.2 Å². The minimum Gasteiger partial charge on any atom is -0.374 e. The summed E-state index contributed by atoms with van der Waals surface area (Å²) < 4.78 is 5.78. The maximum absolute atomic E-state index is 5.78. The summed E-state index contributed by atoms with van der Waals surface area (Å²) in [5, 5.41) is 0. The van der Waals surface area contributed by atoms with E-state index >= 15 is 0 Å². The van der Waals surface area contributed by atoms with Gasteiger partial charge in [-0.1, -0.05) is 0 Å². The van der Waals surface area contributed by atoms with Crippen LogP contribution in [0.5, 0.6) is 0 Å². The average molecular weight is 350 g/mol. The highest BCUT2D eigenvalue weighted by Crippen LogP contribution is 2.44. The van der Waals surface area contributed by atoms with Crippen LogP contribution < -0.4 is 15.5 Å². The standard InChI is InChI=1S/C19H22N6O/c20-19-21-6-12(7-22-19)17-4-14(24-9-16-3-15(24)10-26-16)5-18(23-17)25-8-11-1-13(25)2-11/h4-7,11,13,15-16H,1-3,8-10H2,(H2,20,21,22)/t11?,13?,15-,16-/m0/s1. The number of morpholine rings is 1. The van der Waals surface area contributed by atoms with Crippen molar-refractivity contribution >= 4 is 17.5 Å². The topological polar surface area (TPSA) is 80.4 Å². The molecule has 7 rings (SSSR count). The highest BCUT2D eigenvalue weighted by molar-refractivity contribution is 5.69. The lowest BCUT2D eigenvalue weighted by molar-refractivity contribution is 0.0991. The summed E-state index contributed by atoms with van der Waals surface area (Å²) in [6.07, 6.45) is 7.66. The molecule has 0 unspecified atom stereocenters. The quantitative estimate of drug-likeness (QED) is 0.902. The van der Waals surface area contributed by atoms with Gasteiger partial charge in [0, 0.05) is 48.8 Å². The molecule has 134 valence electrons. The Morgan fingerprint density at radius 2 is 1.85 bits per heavy atom. The lowest BCUT2D eigenvalue weighted by Gasteiger charge is -2.31. The van der Waals surface area contributed by atoms with Gasteiger partial charge in [-0.05, 0) is 31.2 Å². The van der Waals surface area contributed by atoms with E-state index in [1.807, 2.05) is 0 Å². The molecule has 2 aromatic rings. The third-order valence-electron chi connectivity index (χ3n) is 6.40. The molecule has 26 heavy (non-hydrogen) atoms. The molecule has 2 N–H and O–H groups in total. The zero-order valence-corrected chi connectivity index (χ0v) is 14.6. The molecular weight excluding hydrogens is 328 g/mol. The second-order valence-electron chi connectivity index (χ2n) is 8.04. The predicted octanol–water partition coefficient (Wildman–Crippen LogP) is 1.70. The highest BCUT2D eigenvalue weighted by Gasteiger charge is 2.44. The van der Waals surface area contributed by atoms with Crippen LogP contribution in [0.3, 0.4) is 0 Å². The Hall–Kier alpha value is -2.41. The monoisotopic (exact) mass is 350 g/mol. The van der Waals surface area contributed by atoms with Crippen molar-refractivity contribution in [1.82, 2.24) is 15.0 Å². The molecule has 6 heterocycles. The molecule has 0 spiro atoms. The van der Waals surface area contributed by atoms with E-state index in [9.17, 15) is 0 Å². The molecule has 2 atom stereocenters. The van der Waals surface area contributed by atoms with Crippen molar-refractivity contribution in [3.8, 4) is 11.3 Å². The van der Waals surface area contributed by atoms with Crippen LogP contribution in [0, 0.1) is 5.92 Å². The van der Waals surface area contributed by atoms with E-state index in [1.165, 1.54) is 18.5 Å². The number of pyridine rings is 1. The van der Waals surface area contributed by atoms with Crippen LogP contribution in [0.1, 0.15) is 19.3 Å². The number of anilines is 3. The summed E-state index contributed by atoms with van der Waals surface area (Å²) in [6.45, 7) is 2.93. The first-order valence-electron chi connectivity index (χ1n) is 9.48. The molecule has 4 aliphatic heterocycles. The van der Waals surface area contributed by atoms with Crippen LogP contribution in [0.15, 0.2) is 24.5 Å². The van der Waals surface area contributed by atoms with Crippen molar-refractivity contribution in [1.29, 1.82) is 0 Å². The summed E-state index contributed by atoms with van der Waals surface area (Å²) in [4.78, 5) is 18.2. The SMILES string of the molecule is Nc1ncc(-c2cc(N3C[C@@H]4C[C@H]3CO4)cc(N3CC4CC3C4)n2)cn1. The van der Waals surface area contributed by atoms with Crippen LogP contribution in [0.2, 0.25) is 0 Å². The Kier molecular flexibility index (Phi) is 3.00. The van der Waals surface area contributed by atoms with E-state index in [4.69, 9.17) is 15.5 Å².